The summed E-state index contributed by atoms with van der Waals surface area (Å²) in [7, 11) is 0.384. The molecule has 1 fully saturated rings. The van der Waals surface area contributed by atoms with Crippen LogP contribution in [0.25, 0.3) is 0 Å². The van der Waals surface area contributed by atoms with Gasteiger partial charge < -0.3 is 4.90 Å². The van der Waals surface area contributed by atoms with Crippen molar-refractivity contribution in [2.75, 3.05) is 27.2 Å². The van der Waals surface area contributed by atoms with E-state index in [4.69, 9.17) is 11.6 Å². The summed E-state index contributed by atoms with van der Waals surface area (Å²) < 4.78 is 27.4. The molecule has 0 saturated heterocycles. The summed E-state index contributed by atoms with van der Waals surface area (Å²) in [4.78, 5) is 6.12. The first-order valence-electron chi connectivity index (χ1n) is 7.19. The van der Waals surface area contributed by atoms with E-state index >= 15 is 0 Å². The zero-order chi connectivity index (χ0) is 15.5. The smallest absolute Gasteiger partial charge is 0.244 e. The van der Waals surface area contributed by atoms with Gasteiger partial charge in [0.25, 0.3) is 0 Å². The number of likely N-dealkylation sites (N-methyl/N-ethyl adjacent to an activating group) is 1. The number of nitrogens with zero attached hydrogens (tertiary/aromatic N) is 3. The molecule has 0 spiro atoms. The van der Waals surface area contributed by atoms with Crippen LogP contribution in [-0.4, -0.2) is 55.8 Å². The van der Waals surface area contributed by atoms with Crippen molar-refractivity contribution >= 4 is 21.6 Å². The van der Waals surface area contributed by atoms with Crippen LogP contribution in [-0.2, 0) is 10.0 Å². The first kappa shape index (κ1) is 16.7. The van der Waals surface area contributed by atoms with Gasteiger partial charge in [0.15, 0.2) is 0 Å². The van der Waals surface area contributed by atoms with E-state index in [2.05, 4.69) is 4.98 Å². The largest absolute Gasteiger partial charge is 0.308 e. The van der Waals surface area contributed by atoms with Crippen molar-refractivity contribution in [2.45, 2.75) is 36.6 Å². The Labute approximate surface area is 132 Å². The van der Waals surface area contributed by atoms with Crippen molar-refractivity contribution in [2.24, 2.45) is 0 Å². The van der Waals surface area contributed by atoms with Crippen molar-refractivity contribution in [1.82, 2.24) is 14.2 Å². The van der Waals surface area contributed by atoms with Gasteiger partial charge in [-0.15, -0.1) is 0 Å². The van der Waals surface area contributed by atoms with Gasteiger partial charge in [0.2, 0.25) is 10.0 Å². The fraction of sp³-hybridized carbons (Fsp3) is 0.643. The van der Waals surface area contributed by atoms with E-state index in [0.29, 0.717) is 18.2 Å². The number of hydrogen-bond acceptors (Lipinski definition) is 4. The molecule has 0 unspecified atom stereocenters. The summed E-state index contributed by atoms with van der Waals surface area (Å²) >= 11 is 5.74. The van der Waals surface area contributed by atoms with Crippen LogP contribution in [0.15, 0.2) is 23.2 Å². The molecule has 0 aromatic carbocycles. The zero-order valence-corrected chi connectivity index (χ0v) is 14.1. The third kappa shape index (κ3) is 4.16. The lowest BCUT2D eigenvalue weighted by Crippen LogP contribution is -2.42. The van der Waals surface area contributed by atoms with Crippen LogP contribution in [0.3, 0.4) is 0 Å². The highest BCUT2D eigenvalue weighted by Crippen LogP contribution is 2.28. The van der Waals surface area contributed by atoms with Crippen molar-refractivity contribution in [3.63, 3.8) is 0 Å². The van der Waals surface area contributed by atoms with Gasteiger partial charge in [-0.2, -0.15) is 4.31 Å². The number of halogens is 1. The van der Waals surface area contributed by atoms with Gasteiger partial charge in [0.05, 0.1) is 0 Å². The van der Waals surface area contributed by atoms with Gasteiger partial charge in [-0.25, -0.2) is 13.4 Å². The van der Waals surface area contributed by atoms with Gasteiger partial charge >= 0.3 is 0 Å². The van der Waals surface area contributed by atoms with Gasteiger partial charge in [-0.1, -0.05) is 24.4 Å². The van der Waals surface area contributed by atoms with E-state index in [1.54, 1.807) is 4.31 Å². The molecule has 1 aliphatic carbocycles. The third-order valence-electron chi connectivity index (χ3n) is 3.81. The minimum Gasteiger partial charge on any atom is -0.308 e. The highest BCUT2D eigenvalue weighted by Gasteiger charge is 2.33. The van der Waals surface area contributed by atoms with Crippen molar-refractivity contribution in [3.05, 3.63) is 23.5 Å². The van der Waals surface area contributed by atoms with Crippen molar-refractivity contribution in [3.8, 4) is 0 Å². The summed E-state index contributed by atoms with van der Waals surface area (Å²) in [6.45, 7) is 1.21. The average Bonchev–Trinajstić information content (AvgIpc) is 2.92. The molecule has 1 heterocycles. The monoisotopic (exact) mass is 331 g/mol. The summed E-state index contributed by atoms with van der Waals surface area (Å²) in [5, 5.41) is 0.301. The van der Waals surface area contributed by atoms with Crippen molar-refractivity contribution < 1.29 is 8.42 Å². The summed E-state index contributed by atoms with van der Waals surface area (Å²) in [5.74, 6) is 0. The Kier molecular flexibility index (Phi) is 5.60. The third-order valence-corrected chi connectivity index (χ3v) is 5.97. The highest BCUT2D eigenvalue weighted by molar-refractivity contribution is 7.89. The molecule has 1 saturated carbocycles. The summed E-state index contributed by atoms with van der Waals surface area (Å²) in [5.41, 5.74) is 0. The molecular formula is C14H22ClN3O2S. The van der Waals surface area contributed by atoms with Gasteiger partial charge in [-0.05, 0) is 39.1 Å². The predicted molar refractivity (Wildman–Crippen MR) is 83.9 cm³/mol. The van der Waals surface area contributed by atoms with Crippen LogP contribution in [0.1, 0.15) is 25.7 Å². The average molecular weight is 332 g/mol. The molecule has 0 amide bonds. The molecule has 1 aromatic rings. The molecule has 0 radical (unpaired) electrons. The highest BCUT2D eigenvalue weighted by atomic mass is 35.5. The molecule has 5 nitrogen and oxygen atoms in total. The van der Waals surface area contributed by atoms with E-state index in [9.17, 15) is 8.42 Å². The second kappa shape index (κ2) is 7.05. The van der Waals surface area contributed by atoms with Gasteiger partial charge in [0, 0.05) is 25.3 Å². The van der Waals surface area contributed by atoms with Crippen LogP contribution in [0.2, 0.25) is 5.15 Å². The van der Waals surface area contributed by atoms with E-state index in [-0.39, 0.29) is 10.9 Å². The lowest BCUT2D eigenvalue weighted by Gasteiger charge is -2.29. The first-order chi connectivity index (χ1) is 9.91. The Bertz CT molecular complexity index is 554. The number of pyridine rings is 1. The molecule has 0 atom stereocenters. The van der Waals surface area contributed by atoms with Crippen LogP contribution >= 0.6 is 11.6 Å². The van der Waals surface area contributed by atoms with E-state index in [1.807, 2.05) is 19.0 Å². The summed E-state index contributed by atoms with van der Waals surface area (Å²) in [6.07, 6.45) is 5.41. The molecule has 2 rings (SSSR count). The summed E-state index contributed by atoms with van der Waals surface area (Å²) in [6, 6.07) is 3.15. The van der Waals surface area contributed by atoms with Crippen LogP contribution < -0.4 is 0 Å². The topological polar surface area (TPSA) is 53.5 Å². The Morgan fingerprint density at radius 3 is 2.43 bits per heavy atom. The Balaban J connectivity index is 2.26. The van der Waals surface area contributed by atoms with Crippen molar-refractivity contribution in [1.29, 1.82) is 0 Å². The SMILES string of the molecule is CN(C)CCN(C1CCCC1)S(=O)(=O)c1ccc(Cl)nc1. The van der Waals surface area contributed by atoms with Gasteiger partial charge in [-0.3, -0.25) is 0 Å². The van der Waals surface area contributed by atoms with E-state index in [1.165, 1.54) is 18.3 Å². The lowest BCUT2D eigenvalue weighted by atomic mass is 10.2. The van der Waals surface area contributed by atoms with E-state index in [0.717, 1.165) is 25.7 Å². The maximum atomic E-state index is 12.9. The van der Waals surface area contributed by atoms with Gasteiger partial charge in [0.1, 0.15) is 10.0 Å². The van der Waals surface area contributed by atoms with E-state index < -0.39 is 10.0 Å². The number of hydrogen-bond donors (Lipinski definition) is 0. The standard InChI is InChI=1S/C14H22ClN3O2S/c1-17(2)9-10-18(12-5-3-4-6-12)21(19,20)13-7-8-14(15)16-11-13/h7-8,11-12H,3-6,9-10H2,1-2H3. The number of rotatable bonds is 6. The van der Waals surface area contributed by atoms with Crippen LogP contribution in [0.4, 0.5) is 0 Å². The van der Waals surface area contributed by atoms with Crippen LogP contribution in [0.5, 0.6) is 0 Å². The Morgan fingerprint density at radius 2 is 1.90 bits per heavy atom. The van der Waals surface area contributed by atoms with Crippen LogP contribution in [0, 0.1) is 0 Å². The minimum absolute atomic E-state index is 0.102. The molecule has 1 aromatic heterocycles. The molecule has 7 heteroatoms. The number of aromatic nitrogens is 1. The molecule has 1 aliphatic rings. The molecular weight excluding hydrogens is 310 g/mol. The number of sulfonamides is 1. The molecule has 0 aliphatic heterocycles. The Morgan fingerprint density at radius 1 is 1.24 bits per heavy atom. The normalized spacial score (nSPS) is 17.0. The Hall–Kier alpha value is -0.690. The molecule has 21 heavy (non-hydrogen) atoms. The molecule has 0 bridgehead atoms. The second-order valence-electron chi connectivity index (χ2n) is 5.67. The lowest BCUT2D eigenvalue weighted by molar-refractivity contribution is 0.282. The maximum absolute atomic E-state index is 12.9. The minimum atomic E-state index is -3.51. The second-order valence-corrected chi connectivity index (χ2v) is 7.95. The maximum Gasteiger partial charge on any atom is 0.244 e. The fourth-order valence-electron chi connectivity index (χ4n) is 2.64. The zero-order valence-electron chi connectivity index (χ0n) is 12.5. The predicted octanol–water partition coefficient (Wildman–Crippen LogP) is 2.23. The first-order valence-corrected chi connectivity index (χ1v) is 9.01. The fourth-order valence-corrected chi connectivity index (χ4v) is 4.37. The molecule has 0 N–H and O–H groups in total. The quantitative estimate of drug-likeness (QED) is 0.750. The molecule has 118 valence electrons.